The number of hydrogen-bond donors (Lipinski definition) is 2. The minimum atomic E-state index is -3.16. The van der Waals surface area contributed by atoms with Crippen LogP contribution in [0.5, 0.6) is 0 Å². The van der Waals surface area contributed by atoms with Gasteiger partial charge in [0, 0.05) is 32.6 Å². The first-order chi connectivity index (χ1) is 10.9. The van der Waals surface area contributed by atoms with E-state index in [0.29, 0.717) is 25.8 Å². The molecule has 2 N–H and O–H groups in total. The molecular weight excluding hydrogens is 316 g/mol. The van der Waals surface area contributed by atoms with Gasteiger partial charge < -0.3 is 15.1 Å². The van der Waals surface area contributed by atoms with Crippen LogP contribution in [0.25, 0.3) is 0 Å². The van der Waals surface area contributed by atoms with E-state index in [1.807, 2.05) is 6.92 Å². The Balaban J connectivity index is 1.84. The third-order valence-corrected chi connectivity index (χ3v) is 7.31. The molecule has 0 saturated carbocycles. The van der Waals surface area contributed by atoms with Gasteiger partial charge in [0.15, 0.2) is 9.84 Å². The lowest BCUT2D eigenvalue weighted by molar-refractivity contribution is 0.0602. The fourth-order valence-electron chi connectivity index (χ4n) is 3.65. The van der Waals surface area contributed by atoms with Gasteiger partial charge in [-0.1, -0.05) is 6.92 Å². The van der Waals surface area contributed by atoms with Crippen molar-refractivity contribution in [3.8, 4) is 0 Å². The SMILES string of the molecule is CCCS(=O)(=O)C1CC(O)CCN1CCCN1CCC(O)CC1. The van der Waals surface area contributed by atoms with Gasteiger partial charge in [0.1, 0.15) is 5.37 Å². The van der Waals surface area contributed by atoms with Crippen molar-refractivity contribution < 1.29 is 18.6 Å². The average molecular weight is 349 g/mol. The van der Waals surface area contributed by atoms with Gasteiger partial charge in [-0.3, -0.25) is 4.90 Å². The topological polar surface area (TPSA) is 81.1 Å². The number of sulfone groups is 1. The van der Waals surface area contributed by atoms with E-state index in [0.717, 1.165) is 45.4 Å². The number of aliphatic hydroxyl groups is 2. The van der Waals surface area contributed by atoms with E-state index in [9.17, 15) is 18.6 Å². The molecule has 2 unspecified atom stereocenters. The summed E-state index contributed by atoms with van der Waals surface area (Å²) in [4.78, 5) is 4.40. The molecule has 6 nitrogen and oxygen atoms in total. The van der Waals surface area contributed by atoms with Gasteiger partial charge in [-0.15, -0.1) is 0 Å². The molecule has 2 saturated heterocycles. The molecule has 0 aliphatic carbocycles. The summed E-state index contributed by atoms with van der Waals surface area (Å²) in [6.45, 7) is 6.11. The van der Waals surface area contributed by atoms with Crippen LogP contribution >= 0.6 is 0 Å². The van der Waals surface area contributed by atoms with E-state index in [2.05, 4.69) is 9.80 Å². The molecule has 0 radical (unpaired) electrons. The largest absolute Gasteiger partial charge is 0.393 e. The summed E-state index contributed by atoms with van der Waals surface area (Å²) in [6.07, 6.45) is 3.59. The van der Waals surface area contributed by atoms with Crippen LogP contribution < -0.4 is 0 Å². The normalized spacial score (nSPS) is 29.0. The highest BCUT2D eigenvalue weighted by molar-refractivity contribution is 7.91. The number of nitrogens with zero attached hydrogens (tertiary/aromatic N) is 2. The summed E-state index contributed by atoms with van der Waals surface area (Å²) in [6, 6.07) is 0. The lowest BCUT2D eigenvalue weighted by Crippen LogP contribution is -2.50. The van der Waals surface area contributed by atoms with Gasteiger partial charge in [0.2, 0.25) is 0 Å². The Labute approximate surface area is 140 Å². The second kappa shape index (κ2) is 8.76. The predicted molar refractivity (Wildman–Crippen MR) is 91.0 cm³/mol. The summed E-state index contributed by atoms with van der Waals surface area (Å²) < 4.78 is 24.9. The van der Waals surface area contributed by atoms with Crippen molar-refractivity contribution in [1.29, 1.82) is 0 Å². The standard InChI is InChI=1S/C16H32N2O4S/c1-2-12-23(21,22)16-13-15(20)6-11-18(16)8-3-7-17-9-4-14(19)5-10-17/h14-16,19-20H,2-13H2,1H3. The van der Waals surface area contributed by atoms with Gasteiger partial charge in [0.05, 0.1) is 18.0 Å². The fourth-order valence-corrected chi connectivity index (χ4v) is 5.67. The van der Waals surface area contributed by atoms with Crippen LogP contribution in [0.3, 0.4) is 0 Å². The molecule has 2 atom stereocenters. The molecule has 2 heterocycles. The van der Waals surface area contributed by atoms with Crippen molar-refractivity contribution in [3.63, 3.8) is 0 Å². The Morgan fingerprint density at radius 3 is 2.30 bits per heavy atom. The van der Waals surface area contributed by atoms with Crippen molar-refractivity contribution in [3.05, 3.63) is 0 Å². The van der Waals surface area contributed by atoms with E-state index in [-0.39, 0.29) is 11.9 Å². The molecule has 136 valence electrons. The summed E-state index contributed by atoms with van der Waals surface area (Å²) >= 11 is 0. The molecule has 0 spiro atoms. The van der Waals surface area contributed by atoms with E-state index >= 15 is 0 Å². The van der Waals surface area contributed by atoms with Crippen molar-refractivity contribution in [2.45, 2.75) is 63.0 Å². The Hall–Kier alpha value is -0.210. The molecule has 0 aromatic heterocycles. The van der Waals surface area contributed by atoms with E-state index in [4.69, 9.17) is 0 Å². The number of hydrogen-bond acceptors (Lipinski definition) is 6. The second-order valence-corrected chi connectivity index (χ2v) is 9.24. The Bertz CT molecular complexity index is 449. The third kappa shape index (κ3) is 5.67. The van der Waals surface area contributed by atoms with Gasteiger partial charge in [-0.2, -0.15) is 0 Å². The molecule has 2 fully saturated rings. The van der Waals surface area contributed by atoms with Gasteiger partial charge in [0.25, 0.3) is 0 Å². The molecule has 2 rings (SSSR count). The lowest BCUT2D eigenvalue weighted by atomic mass is 10.1. The highest BCUT2D eigenvalue weighted by atomic mass is 32.2. The minimum Gasteiger partial charge on any atom is -0.393 e. The third-order valence-electron chi connectivity index (χ3n) is 5.01. The smallest absolute Gasteiger partial charge is 0.166 e. The van der Waals surface area contributed by atoms with E-state index in [1.54, 1.807) is 0 Å². The molecule has 0 bridgehead atoms. The van der Waals surface area contributed by atoms with Crippen LogP contribution in [0.2, 0.25) is 0 Å². The molecule has 0 aromatic rings. The highest BCUT2D eigenvalue weighted by Gasteiger charge is 2.36. The maximum absolute atomic E-state index is 12.5. The number of piperidine rings is 2. The zero-order valence-electron chi connectivity index (χ0n) is 14.2. The number of likely N-dealkylation sites (tertiary alicyclic amines) is 2. The maximum Gasteiger partial charge on any atom is 0.166 e. The van der Waals surface area contributed by atoms with Crippen LogP contribution in [0.4, 0.5) is 0 Å². The van der Waals surface area contributed by atoms with Gasteiger partial charge in [-0.25, -0.2) is 8.42 Å². The summed E-state index contributed by atoms with van der Waals surface area (Å²) in [5.74, 6) is 0.199. The van der Waals surface area contributed by atoms with Crippen LogP contribution in [-0.2, 0) is 9.84 Å². The second-order valence-electron chi connectivity index (χ2n) is 6.96. The van der Waals surface area contributed by atoms with Crippen molar-refractivity contribution in [2.24, 2.45) is 0 Å². The molecular formula is C16H32N2O4S. The predicted octanol–water partition coefficient (Wildman–Crippen LogP) is 0.441. The average Bonchev–Trinajstić information content (AvgIpc) is 2.50. The van der Waals surface area contributed by atoms with Crippen LogP contribution in [0.15, 0.2) is 0 Å². The Kier molecular flexibility index (Phi) is 7.28. The van der Waals surface area contributed by atoms with Gasteiger partial charge in [-0.05, 0) is 38.6 Å². The zero-order valence-corrected chi connectivity index (χ0v) is 15.0. The quantitative estimate of drug-likeness (QED) is 0.695. The molecule has 7 heteroatoms. The molecule has 2 aliphatic rings. The Morgan fingerprint density at radius 2 is 1.65 bits per heavy atom. The fraction of sp³-hybridized carbons (Fsp3) is 1.00. The minimum absolute atomic E-state index is 0.154. The van der Waals surface area contributed by atoms with Crippen LogP contribution in [0.1, 0.15) is 45.4 Å². The lowest BCUT2D eigenvalue weighted by Gasteiger charge is -2.38. The van der Waals surface area contributed by atoms with Crippen LogP contribution in [-0.4, -0.2) is 84.5 Å². The molecule has 23 heavy (non-hydrogen) atoms. The van der Waals surface area contributed by atoms with Crippen molar-refractivity contribution in [2.75, 3.05) is 38.5 Å². The summed E-state index contributed by atoms with van der Waals surface area (Å²) in [7, 11) is -3.16. The van der Waals surface area contributed by atoms with Crippen molar-refractivity contribution >= 4 is 9.84 Å². The van der Waals surface area contributed by atoms with E-state index in [1.165, 1.54) is 0 Å². The summed E-state index contributed by atoms with van der Waals surface area (Å²) in [5, 5.41) is 18.9. The van der Waals surface area contributed by atoms with Gasteiger partial charge >= 0.3 is 0 Å². The van der Waals surface area contributed by atoms with E-state index < -0.39 is 21.3 Å². The highest BCUT2D eigenvalue weighted by Crippen LogP contribution is 2.23. The molecule has 2 aliphatic heterocycles. The summed E-state index contributed by atoms with van der Waals surface area (Å²) in [5.41, 5.74) is 0. The first kappa shape index (κ1) is 19.1. The zero-order chi connectivity index (χ0) is 16.9. The number of rotatable bonds is 7. The maximum atomic E-state index is 12.5. The van der Waals surface area contributed by atoms with Crippen LogP contribution in [0, 0.1) is 0 Å². The Morgan fingerprint density at radius 1 is 1.00 bits per heavy atom. The first-order valence-corrected chi connectivity index (χ1v) is 10.7. The first-order valence-electron chi connectivity index (χ1n) is 8.96. The molecule has 0 aromatic carbocycles. The van der Waals surface area contributed by atoms with Crippen molar-refractivity contribution in [1.82, 2.24) is 9.80 Å². The monoisotopic (exact) mass is 348 g/mol. The number of aliphatic hydroxyl groups excluding tert-OH is 2. The molecule has 0 amide bonds.